The van der Waals surface area contributed by atoms with E-state index in [0.717, 1.165) is 18.4 Å². The summed E-state index contributed by atoms with van der Waals surface area (Å²) in [7, 11) is 0. The SMILES string of the molecule is CCCNC(c1cncnc1)C1CCC(CC)CC1. The average molecular weight is 261 g/mol. The molecule has 0 saturated heterocycles. The van der Waals surface area contributed by atoms with Gasteiger partial charge in [0.2, 0.25) is 0 Å². The van der Waals surface area contributed by atoms with Gasteiger partial charge in [-0.15, -0.1) is 0 Å². The Morgan fingerprint density at radius 2 is 1.84 bits per heavy atom. The molecule has 0 radical (unpaired) electrons. The van der Waals surface area contributed by atoms with Crippen molar-refractivity contribution in [1.82, 2.24) is 15.3 Å². The van der Waals surface area contributed by atoms with Crippen LogP contribution in [0.5, 0.6) is 0 Å². The highest BCUT2D eigenvalue weighted by Crippen LogP contribution is 2.37. The molecule has 1 aliphatic carbocycles. The van der Waals surface area contributed by atoms with Crippen molar-refractivity contribution in [2.75, 3.05) is 6.54 Å². The summed E-state index contributed by atoms with van der Waals surface area (Å²) in [6, 6.07) is 0.443. The first-order valence-electron chi connectivity index (χ1n) is 7.83. The number of nitrogens with zero attached hydrogens (tertiary/aromatic N) is 2. The van der Waals surface area contributed by atoms with Crippen molar-refractivity contribution in [3.05, 3.63) is 24.3 Å². The van der Waals surface area contributed by atoms with Crippen LogP contribution in [0.4, 0.5) is 0 Å². The number of aromatic nitrogens is 2. The second kappa shape index (κ2) is 7.59. The van der Waals surface area contributed by atoms with Crippen LogP contribution in [0.25, 0.3) is 0 Å². The lowest BCUT2D eigenvalue weighted by molar-refractivity contribution is 0.218. The van der Waals surface area contributed by atoms with E-state index in [4.69, 9.17) is 0 Å². The molecule has 1 fully saturated rings. The normalized spacial score (nSPS) is 25.2. The van der Waals surface area contributed by atoms with Gasteiger partial charge in [-0.05, 0) is 37.6 Å². The molecule has 106 valence electrons. The third-order valence-corrected chi connectivity index (χ3v) is 4.49. The van der Waals surface area contributed by atoms with Gasteiger partial charge in [0, 0.05) is 24.0 Å². The van der Waals surface area contributed by atoms with Gasteiger partial charge in [0.1, 0.15) is 6.33 Å². The van der Waals surface area contributed by atoms with E-state index in [0.29, 0.717) is 6.04 Å². The topological polar surface area (TPSA) is 37.8 Å². The first-order chi connectivity index (χ1) is 9.35. The van der Waals surface area contributed by atoms with Crippen molar-refractivity contribution in [1.29, 1.82) is 0 Å². The standard InChI is InChI=1S/C16H27N3/c1-3-9-19-16(15-10-17-12-18-11-15)14-7-5-13(4-2)6-8-14/h10-14,16,19H,3-9H2,1-2H3. The molecule has 1 atom stereocenters. The van der Waals surface area contributed by atoms with E-state index in [1.807, 2.05) is 12.4 Å². The monoisotopic (exact) mass is 261 g/mol. The molecule has 3 heteroatoms. The zero-order valence-corrected chi connectivity index (χ0v) is 12.3. The van der Waals surface area contributed by atoms with Crippen molar-refractivity contribution in [3.8, 4) is 0 Å². The van der Waals surface area contributed by atoms with Crippen molar-refractivity contribution in [3.63, 3.8) is 0 Å². The molecular formula is C16H27N3. The first-order valence-corrected chi connectivity index (χ1v) is 7.83. The fourth-order valence-electron chi connectivity index (χ4n) is 3.26. The van der Waals surface area contributed by atoms with E-state index < -0.39 is 0 Å². The molecule has 1 saturated carbocycles. The maximum Gasteiger partial charge on any atom is 0.115 e. The molecule has 0 aliphatic heterocycles. The summed E-state index contributed by atoms with van der Waals surface area (Å²) in [5, 5.41) is 3.71. The van der Waals surface area contributed by atoms with Crippen molar-refractivity contribution in [2.24, 2.45) is 11.8 Å². The quantitative estimate of drug-likeness (QED) is 0.848. The van der Waals surface area contributed by atoms with E-state index in [1.54, 1.807) is 6.33 Å². The summed E-state index contributed by atoms with van der Waals surface area (Å²) in [6.45, 7) is 5.62. The van der Waals surface area contributed by atoms with Crippen LogP contribution in [0.2, 0.25) is 0 Å². The Balaban J connectivity index is 2.02. The Labute approximate surface area is 117 Å². The first kappa shape index (κ1) is 14.4. The lowest BCUT2D eigenvalue weighted by Gasteiger charge is -2.34. The van der Waals surface area contributed by atoms with Crippen LogP contribution >= 0.6 is 0 Å². The summed E-state index contributed by atoms with van der Waals surface area (Å²) in [6.07, 6.45) is 13.6. The second-order valence-corrected chi connectivity index (χ2v) is 5.79. The lowest BCUT2D eigenvalue weighted by atomic mass is 9.76. The predicted molar refractivity (Wildman–Crippen MR) is 78.8 cm³/mol. The third kappa shape index (κ3) is 4.00. The molecule has 0 aromatic carbocycles. The summed E-state index contributed by atoms with van der Waals surface area (Å²) in [4.78, 5) is 8.38. The Morgan fingerprint density at radius 3 is 2.42 bits per heavy atom. The molecule has 1 aliphatic rings. The van der Waals surface area contributed by atoms with E-state index >= 15 is 0 Å². The van der Waals surface area contributed by atoms with Gasteiger partial charge in [-0.1, -0.05) is 33.1 Å². The summed E-state index contributed by atoms with van der Waals surface area (Å²) < 4.78 is 0. The smallest absolute Gasteiger partial charge is 0.115 e. The zero-order valence-electron chi connectivity index (χ0n) is 12.3. The Hall–Kier alpha value is -0.960. The fraction of sp³-hybridized carbons (Fsp3) is 0.750. The Kier molecular flexibility index (Phi) is 5.77. The van der Waals surface area contributed by atoms with Gasteiger partial charge in [0.05, 0.1) is 0 Å². The number of hydrogen-bond acceptors (Lipinski definition) is 3. The number of rotatable bonds is 6. The second-order valence-electron chi connectivity index (χ2n) is 5.79. The highest BCUT2D eigenvalue weighted by atomic mass is 14.9. The minimum Gasteiger partial charge on any atom is -0.310 e. The van der Waals surface area contributed by atoms with Crippen molar-refractivity contribution >= 4 is 0 Å². The lowest BCUT2D eigenvalue weighted by Crippen LogP contribution is -2.31. The molecule has 2 rings (SSSR count). The van der Waals surface area contributed by atoms with Gasteiger partial charge in [-0.2, -0.15) is 0 Å². The fourth-order valence-corrected chi connectivity index (χ4v) is 3.26. The molecule has 3 nitrogen and oxygen atoms in total. The molecule has 0 amide bonds. The van der Waals surface area contributed by atoms with Crippen LogP contribution in [0.3, 0.4) is 0 Å². The molecule has 1 N–H and O–H groups in total. The highest BCUT2D eigenvalue weighted by molar-refractivity contribution is 5.11. The van der Waals surface area contributed by atoms with Crippen molar-refractivity contribution in [2.45, 2.75) is 58.4 Å². The van der Waals surface area contributed by atoms with E-state index in [2.05, 4.69) is 29.1 Å². The van der Waals surface area contributed by atoms with Crippen molar-refractivity contribution < 1.29 is 0 Å². The van der Waals surface area contributed by atoms with Crippen LogP contribution in [0.15, 0.2) is 18.7 Å². The van der Waals surface area contributed by atoms with Gasteiger partial charge in [0.25, 0.3) is 0 Å². The summed E-state index contributed by atoms with van der Waals surface area (Å²) in [5.41, 5.74) is 1.26. The molecule has 0 bridgehead atoms. The minimum atomic E-state index is 0.443. The maximum absolute atomic E-state index is 4.19. The molecule has 19 heavy (non-hydrogen) atoms. The van der Waals surface area contributed by atoms with Gasteiger partial charge >= 0.3 is 0 Å². The average Bonchev–Trinajstić information content (AvgIpc) is 2.49. The van der Waals surface area contributed by atoms with Crippen LogP contribution in [0, 0.1) is 11.8 Å². The molecule has 1 aromatic heterocycles. The molecule has 1 aromatic rings. The Morgan fingerprint density at radius 1 is 1.16 bits per heavy atom. The molecule has 0 spiro atoms. The largest absolute Gasteiger partial charge is 0.310 e. The minimum absolute atomic E-state index is 0.443. The molecule has 1 unspecified atom stereocenters. The highest BCUT2D eigenvalue weighted by Gasteiger charge is 2.27. The van der Waals surface area contributed by atoms with Gasteiger partial charge in [0.15, 0.2) is 0 Å². The zero-order chi connectivity index (χ0) is 13.5. The summed E-state index contributed by atoms with van der Waals surface area (Å²) >= 11 is 0. The van der Waals surface area contributed by atoms with Gasteiger partial charge < -0.3 is 5.32 Å². The predicted octanol–water partition coefficient (Wildman–Crippen LogP) is 3.73. The van der Waals surface area contributed by atoms with E-state index in [9.17, 15) is 0 Å². The molecular weight excluding hydrogens is 234 g/mol. The summed E-state index contributed by atoms with van der Waals surface area (Å²) in [5.74, 6) is 1.70. The molecule has 1 heterocycles. The van der Waals surface area contributed by atoms with Gasteiger partial charge in [-0.3, -0.25) is 0 Å². The number of nitrogens with one attached hydrogen (secondary N) is 1. The van der Waals surface area contributed by atoms with Crippen LogP contribution < -0.4 is 5.32 Å². The van der Waals surface area contributed by atoms with Crippen LogP contribution in [-0.2, 0) is 0 Å². The third-order valence-electron chi connectivity index (χ3n) is 4.49. The van der Waals surface area contributed by atoms with Crippen LogP contribution in [0.1, 0.15) is 64.0 Å². The van der Waals surface area contributed by atoms with E-state index in [-0.39, 0.29) is 0 Å². The van der Waals surface area contributed by atoms with E-state index in [1.165, 1.54) is 44.1 Å². The van der Waals surface area contributed by atoms with Gasteiger partial charge in [-0.25, -0.2) is 9.97 Å². The maximum atomic E-state index is 4.19. The van der Waals surface area contributed by atoms with Crippen LogP contribution in [-0.4, -0.2) is 16.5 Å². The number of hydrogen-bond donors (Lipinski definition) is 1. The Bertz CT molecular complexity index is 344.